The first kappa shape index (κ1) is 18.3. The van der Waals surface area contributed by atoms with E-state index in [0.29, 0.717) is 23.9 Å². The van der Waals surface area contributed by atoms with Crippen LogP contribution in [0.5, 0.6) is 0 Å². The lowest BCUT2D eigenvalue weighted by atomic mass is 9.47. The lowest BCUT2D eigenvalue weighted by Gasteiger charge is -2.57. The molecule has 0 amide bonds. The van der Waals surface area contributed by atoms with Crippen molar-refractivity contribution in [2.24, 2.45) is 34.5 Å². The Morgan fingerprint density at radius 3 is 2.85 bits per heavy atom. The molecule has 0 aromatic carbocycles. The lowest BCUT2D eigenvalue weighted by molar-refractivity contribution is -0.144. The Morgan fingerprint density at radius 2 is 2.04 bits per heavy atom. The summed E-state index contributed by atoms with van der Waals surface area (Å²) in [7, 11) is 0. The number of hydrogen-bond donors (Lipinski definition) is 0. The van der Waals surface area contributed by atoms with E-state index >= 15 is 0 Å². The van der Waals surface area contributed by atoms with Gasteiger partial charge in [0.15, 0.2) is 0 Å². The molecule has 0 bridgehead atoms. The highest BCUT2D eigenvalue weighted by Crippen LogP contribution is 2.66. The summed E-state index contributed by atoms with van der Waals surface area (Å²) in [6.45, 7) is 7.59. The van der Waals surface area contributed by atoms with E-state index in [2.05, 4.69) is 32.1 Å². The van der Waals surface area contributed by atoms with Crippen LogP contribution in [0, 0.1) is 34.5 Å². The number of rotatable bonds is 4. The minimum atomic E-state index is -0.0444. The molecule has 0 heterocycles. The molecule has 0 aliphatic heterocycles. The predicted octanol–water partition coefficient (Wildman–Crippen LogP) is 6.07. The Kier molecular flexibility index (Phi) is 4.82. The zero-order valence-corrected chi connectivity index (χ0v) is 16.9. The third kappa shape index (κ3) is 2.79. The van der Waals surface area contributed by atoms with Crippen LogP contribution in [0.1, 0.15) is 78.6 Å². The van der Waals surface area contributed by atoms with Gasteiger partial charge in [0.05, 0.1) is 6.61 Å². The minimum Gasteiger partial charge on any atom is -0.466 e. The van der Waals surface area contributed by atoms with Crippen LogP contribution in [0.25, 0.3) is 0 Å². The zero-order valence-electron chi connectivity index (χ0n) is 16.9. The monoisotopic (exact) mass is 356 g/mol. The average Bonchev–Trinajstić information content (AvgIpc) is 2.97. The number of ether oxygens (including phenoxy) is 1. The molecule has 0 radical (unpaired) electrons. The second kappa shape index (κ2) is 6.84. The average molecular weight is 357 g/mol. The molecule has 0 saturated heterocycles. The molecule has 6 atom stereocenters. The number of carbonyl (C=O) groups is 1. The van der Waals surface area contributed by atoms with Crippen LogP contribution in [0.2, 0.25) is 0 Å². The van der Waals surface area contributed by atoms with E-state index in [9.17, 15) is 4.79 Å². The molecular weight excluding hydrogens is 320 g/mol. The maximum absolute atomic E-state index is 11.5. The molecule has 2 nitrogen and oxygen atoms in total. The summed E-state index contributed by atoms with van der Waals surface area (Å²) in [5.41, 5.74) is 2.53. The quantitative estimate of drug-likeness (QED) is 0.451. The van der Waals surface area contributed by atoms with E-state index < -0.39 is 0 Å². The Balaban J connectivity index is 1.48. The molecule has 0 spiro atoms. The van der Waals surface area contributed by atoms with Gasteiger partial charge >= 0.3 is 5.97 Å². The fourth-order valence-electron chi connectivity index (χ4n) is 7.34. The predicted molar refractivity (Wildman–Crippen MR) is 106 cm³/mol. The summed E-state index contributed by atoms with van der Waals surface area (Å²) in [5.74, 6) is 3.30. The van der Waals surface area contributed by atoms with Gasteiger partial charge in [0.1, 0.15) is 0 Å². The largest absolute Gasteiger partial charge is 0.466 e. The molecule has 144 valence electrons. The summed E-state index contributed by atoms with van der Waals surface area (Å²) in [6, 6.07) is 0. The van der Waals surface area contributed by atoms with Crippen molar-refractivity contribution in [1.82, 2.24) is 0 Å². The van der Waals surface area contributed by atoms with Gasteiger partial charge in [-0.1, -0.05) is 44.6 Å². The van der Waals surface area contributed by atoms with Crippen LogP contribution in [-0.4, -0.2) is 12.6 Å². The van der Waals surface area contributed by atoms with Crippen molar-refractivity contribution < 1.29 is 9.53 Å². The van der Waals surface area contributed by atoms with Crippen molar-refractivity contribution in [3.63, 3.8) is 0 Å². The van der Waals surface area contributed by atoms with E-state index in [1.54, 1.807) is 5.57 Å². The van der Waals surface area contributed by atoms with Gasteiger partial charge in [-0.2, -0.15) is 0 Å². The molecule has 3 fully saturated rings. The van der Waals surface area contributed by atoms with Crippen LogP contribution in [-0.2, 0) is 9.53 Å². The first-order valence-electron chi connectivity index (χ1n) is 11.0. The topological polar surface area (TPSA) is 26.3 Å². The van der Waals surface area contributed by atoms with Crippen molar-refractivity contribution in [2.45, 2.75) is 78.6 Å². The van der Waals surface area contributed by atoms with Gasteiger partial charge in [-0.15, -0.1) is 0 Å². The van der Waals surface area contributed by atoms with Gasteiger partial charge in [-0.3, -0.25) is 4.79 Å². The van der Waals surface area contributed by atoms with E-state index in [-0.39, 0.29) is 5.97 Å². The molecule has 3 saturated carbocycles. The van der Waals surface area contributed by atoms with Gasteiger partial charge in [-0.05, 0) is 80.5 Å². The SMILES string of the molecule is CCC(=O)OCC[C@H]1CC[C@H]2[C@@H]3CCC4=CCC=C[C@]4(C)[C@H]3CC[C@]12C. The Hall–Kier alpha value is -1.05. The third-order valence-corrected chi connectivity index (χ3v) is 8.83. The van der Waals surface area contributed by atoms with Crippen LogP contribution in [0.15, 0.2) is 23.8 Å². The molecule has 4 aliphatic rings. The Bertz CT molecular complexity index is 618. The summed E-state index contributed by atoms with van der Waals surface area (Å²) in [4.78, 5) is 11.5. The zero-order chi connectivity index (χ0) is 18.4. The lowest BCUT2D eigenvalue weighted by Crippen LogP contribution is -2.49. The van der Waals surface area contributed by atoms with Crippen LogP contribution in [0.3, 0.4) is 0 Å². The smallest absolute Gasteiger partial charge is 0.305 e. The van der Waals surface area contributed by atoms with E-state index in [0.717, 1.165) is 36.5 Å². The van der Waals surface area contributed by atoms with Crippen LogP contribution in [0.4, 0.5) is 0 Å². The van der Waals surface area contributed by atoms with Crippen molar-refractivity contribution >= 4 is 5.97 Å². The van der Waals surface area contributed by atoms with Crippen molar-refractivity contribution in [1.29, 1.82) is 0 Å². The number of fused-ring (bicyclic) bond motifs is 5. The highest BCUT2D eigenvalue weighted by molar-refractivity contribution is 5.68. The third-order valence-electron chi connectivity index (χ3n) is 8.83. The van der Waals surface area contributed by atoms with Crippen molar-refractivity contribution in [2.75, 3.05) is 6.61 Å². The van der Waals surface area contributed by atoms with Gasteiger partial charge in [0.2, 0.25) is 0 Å². The second-order valence-electron chi connectivity index (χ2n) is 9.75. The van der Waals surface area contributed by atoms with E-state index in [1.165, 1.54) is 38.5 Å². The van der Waals surface area contributed by atoms with Crippen LogP contribution < -0.4 is 0 Å². The Labute approximate surface area is 159 Å². The number of allylic oxidation sites excluding steroid dienone is 4. The molecule has 4 rings (SSSR count). The molecule has 0 unspecified atom stereocenters. The molecule has 0 aromatic heterocycles. The normalized spacial score (nSPS) is 43.9. The second-order valence-corrected chi connectivity index (χ2v) is 9.75. The van der Waals surface area contributed by atoms with Crippen LogP contribution >= 0.6 is 0 Å². The Morgan fingerprint density at radius 1 is 1.19 bits per heavy atom. The number of esters is 1. The highest BCUT2D eigenvalue weighted by Gasteiger charge is 2.57. The van der Waals surface area contributed by atoms with E-state index in [1.807, 2.05) is 6.92 Å². The highest BCUT2D eigenvalue weighted by atomic mass is 16.5. The van der Waals surface area contributed by atoms with E-state index in [4.69, 9.17) is 4.74 Å². The molecule has 2 heteroatoms. The van der Waals surface area contributed by atoms with Gasteiger partial charge in [-0.25, -0.2) is 0 Å². The minimum absolute atomic E-state index is 0.0444. The fourth-order valence-corrected chi connectivity index (χ4v) is 7.34. The van der Waals surface area contributed by atoms with Gasteiger partial charge < -0.3 is 4.74 Å². The summed E-state index contributed by atoms with van der Waals surface area (Å²) in [5, 5.41) is 0. The summed E-state index contributed by atoms with van der Waals surface area (Å²) >= 11 is 0. The van der Waals surface area contributed by atoms with Gasteiger partial charge in [0.25, 0.3) is 0 Å². The summed E-state index contributed by atoms with van der Waals surface area (Å²) < 4.78 is 5.42. The number of carbonyl (C=O) groups excluding carboxylic acids is 1. The standard InChI is InChI=1S/C24H36O2/c1-4-22(25)26-16-13-18-9-11-20-19-10-8-17-7-5-6-14-23(17,2)21(19)12-15-24(18,20)3/h6-7,14,18-21H,4-5,8-13,15-16H2,1-3H3/t18-,19+,20+,21+,23+,24-/m1/s1. The maximum atomic E-state index is 11.5. The van der Waals surface area contributed by atoms with Crippen molar-refractivity contribution in [3.8, 4) is 0 Å². The molecule has 0 aromatic rings. The van der Waals surface area contributed by atoms with Crippen molar-refractivity contribution in [3.05, 3.63) is 23.8 Å². The first-order valence-corrected chi connectivity index (χ1v) is 11.0. The van der Waals surface area contributed by atoms with Gasteiger partial charge in [0, 0.05) is 11.8 Å². The molecule has 4 aliphatic carbocycles. The number of hydrogen-bond acceptors (Lipinski definition) is 2. The first-order chi connectivity index (χ1) is 12.5. The molecule has 0 N–H and O–H groups in total. The summed E-state index contributed by atoms with van der Waals surface area (Å²) in [6.07, 6.45) is 18.4. The molecular formula is C24H36O2. The fraction of sp³-hybridized carbons (Fsp3) is 0.792. The molecule has 26 heavy (non-hydrogen) atoms. The maximum Gasteiger partial charge on any atom is 0.305 e.